The average Bonchev–Trinajstić information content (AvgIpc) is 2.34. The lowest BCUT2D eigenvalue weighted by Crippen LogP contribution is -2.42. The molecule has 1 rings (SSSR count). The molecule has 22 heavy (non-hydrogen) atoms. The van der Waals surface area contributed by atoms with Crippen LogP contribution in [-0.4, -0.2) is 33.2 Å². The summed E-state index contributed by atoms with van der Waals surface area (Å²) in [5.74, 6) is 0.450. The number of amides is 1. The van der Waals surface area contributed by atoms with Crippen molar-refractivity contribution < 1.29 is 17.9 Å². The molecule has 0 aliphatic rings. The Morgan fingerprint density at radius 3 is 2.18 bits per heavy atom. The number of sulfonamides is 1. The maximum absolute atomic E-state index is 12.1. The van der Waals surface area contributed by atoms with Crippen molar-refractivity contribution in [2.24, 2.45) is 0 Å². The number of rotatable bonds is 6. The van der Waals surface area contributed by atoms with Gasteiger partial charge in [-0.2, -0.15) is 0 Å². The van der Waals surface area contributed by atoms with Gasteiger partial charge in [0.05, 0.1) is 19.4 Å². The first-order chi connectivity index (χ1) is 10.00. The second-order valence-corrected chi connectivity index (χ2v) is 8.00. The predicted molar refractivity (Wildman–Crippen MR) is 86.2 cm³/mol. The molecule has 1 amide bonds. The number of hydrogen-bond acceptors (Lipinski definition) is 4. The molecule has 1 atom stereocenters. The Labute approximate surface area is 132 Å². The van der Waals surface area contributed by atoms with Crippen LogP contribution in [-0.2, 0) is 14.8 Å². The van der Waals surface area contributed by atoms with E-state index in [4.69, 9.17) is 4.74 Å². The zero-order chi connectivity index (χ0) is 17.0. The number of ether oxygens (including phenoxy) is 1. The Hall–Kier alpha value is -1.60. The van der Waals surface area contributed by atoms with Crippen molar-refractivity contribution >= 4 is 15.9 Å². The molecule has 1 aromatic carbocycles. The fourth-order valence-electron chi connectivity index (χ4n) is 1.98. The molecule has 0 heterocycles. The molecular formula is C15H24N2O4S. The second kappa shape index (κ2) is 7.11. The number of benzene rings is 1. The van der Waals surface area contributed by atoms with E-state index >= 15 is 0 Å². The lowest BCUT2D eigenvalue weighted by atomic mass is 10.0. The van der Waals surface area contributed by atoms with E-state index in [-0.39, 0.29) is 17.9 Å². The normalized spacial score (nSPS) is 13.5. The Balaban J connectivity index is 2.95. The summed E-state index contributed by atoms with van der Waals surface area (Å²) in [4.78, 5) is 12.1. The van der Waals surface area contributed by atoms with Crippen LogP contribution < -0.4 is 14.8 Å². The van der Waals surface area contributed by atoms with Crippen molar-refractivity contribution in [3.63, 3.8) is 0 Å². The molecule has 0 aliphatic heterocycles. The van der Waals surface area contributed by atoms with Crippen LogP contribution in [0.25, 0.3) is 0 Å². The highest BCUT2D eigenvalue weighted by atomic mass is 32.2. The molecule has 7 heteroatoms. The van der Waals surface area contributed by atoms with Gasteiger partial charge in [-0.3, -0.25) is 4.79 Å². The van der Waals surface area contributed by atoms with Gasteiger partial charge in [-0.25, -0.2) is 13.1 Å². The molecule has 0 unspecified atom stereocenters. The van der Waals surface area contributed by atoms with Gasteiger partial charge >= 0.3 is 0 Å². The minimum absolute atomic E-state index is 0.0245. The van der Waals surface area contributed by atoms with E-state index in [0.717, 1.165) is 6.26 Å². The molecular weight excluding hydrogens is 304 g/mol. The molecule has 6 nitrogen and oxygen atoms in total. The SMILES string of the molecule is COc1ccc([C@@H](CC(=O)NC(C)(C)C)NS(C)(=O)=O)cc1. The highest BCUT2D eigenvalue weighted by molar-refractivity contribution is 7.88. The summed E-state index contributed by atoms with van der Waals surface area (Å²) in [6, 6.07) is 6.32. The lowest BCUT2D eigenvalue weighted by molar-refractivity contribution is -0.122. The van der Waals surface area contributed by atoms with Crippen LogP contribution in [0.15, 0.2) is 24.3 Å². The van der Waals surface area contributed by atoms with E-state index in [1.54, 1.807) is 31.4 Å². The Morgan fingerprint density at radius 1 is 1.23 bits per heavy atom. The molecule has 0 aliphatic carbocycles. The van der Waals surface area contributed by atoms with Gasteiger partial charge in [-0.05, 0) is 38.5 Å². The molecule has 0 saturated heterocycles. The third-order valence-electron chi connectivity index (χ3n) is 2.78. The summed E-state index contributed by atoms with van der Waals surface area (Å²) < 4.78 is 30.7. The van der Waals surface area contributed by atoms with Gasteiger partial charge < -0.3 is 10.1 Å². The minimum Gasteiger partial charge on any atom is -0.497 e. The zero-order valence-corrected chi connectivity index (χ0v) is 14.5. The van der Waals surface area contributed by atoms with Crippen LogP contribution in [0.5, 0.6) is 5.75 Å². The van der Waals surface area contributed by atoms with E-state index in [9.17, 15) is 13.2 Å². The summed E-state index contributed by atoms with van der Waals surface area (Å²) in [7, 11) is -1.88. The highest BCUT2D eigenvalue weighted by Crippen LogP contribution is 2.21. The van der Waals surface area contributed by atoms with Crippen LogP contribution in [0.1, 0.15) is 38.8 Å². The number of carbonyl (C=O) groups excluding carboxylic acids is 1. The van der Waals surface area contributed by atoms with E-state index in [1.807, 2.05) is 20.8 Å². The van der Waals surface area contributed by atoms with Gasteiger partial charge in [0.2, 0.25) is 15.9 Å². The molecule has 0 radical (unpaired) electrons. The molecule has 0 aromatic heterocycles. The van der Waals surface area contributed by atoms with Crippen molar-refractivity contribution in [3.8, 4) is 5.75 Å². The Morgan fingerprint density at radius 2 is 1.77 bits per heavy atom. The first-order valence-corrected chi connectivity index (χ1v) is 8.81. The number of carbonyl (C=O) groups is 1. The van der Waals surface area contributed by atoms with Crippen LogP contribution in [0, 0.1) is 0 Å². The summed E-state index contributed by atoms with van der Waals surface area (Å²) in [6.07, 6.45) is 1.10. The van der Waals surface area contributed by atoms with Crippen molar-refractivity contribution in [1.82, 2.24) is 10.0 Å². The van der Waals surface area contributed by atoms with Crippen LogP contribution in [0.2, 0.25) is 0 Å². The quantitative estimate of drug-likeness (QED) is 0.830. The fourth-order valence-corrected chi connectivity index (χ4v) is 2.71. The monoisotopic (exact) mass is 328 g/mol. The molecule has 0 bridgehead atoms. The van der Waals surface area contributed by atoms with Crippen LogP contribution in [0.4, 0.5) is 0 Å². The topological polar surface area (TPSA) is 84.5 Å². The standard InChI is InChI=1S/C15H24N2O4S/c1-15(2,3)16-14(18)10-13(17-22(5,19)20)11-6-8-12(21-4)9-7-11/h6-9,13,17H,10H2,1-5H3,(H,16,18)/t13-/m1/s1. The molecule has 124 valence electrons. The van der Waals surface area contributed by atoms with Crippen LogP contribution in [0.3, 0.4) is 0 Å². The van der Waals surface area contributed by atoms with Gasteiger partial charge in [0.15, 0.2) is 0 Å². The fraction of sp³-hybridized carbons (Fsp3) is 0.533. The summed E-state index contributed by atoms with van der Waals surface area (Å²) >= 11 is 0. The maximum Gasteiger partial charge on any atom is 0.222 e. The third-order valence-corrected chi connectivity index (χ3v) is 3.49. The van der Waals surface area contributed by atoms with Crippen molar-refractivity contribution in [3.05, 3.63) is 29.8 Å². The number of methoxy groups -OCH3 is 1. The van der Waals surface area contributed by atoms with Crippen LogP contribution >= 0.6 is 0 Å². The molecule has 2 N–H and O–H groups in total. The highest BCUT2D eigenvalue weighted by Gasteiger charge is 2.22. The van der Waals surface area contributed by atoms with Crippen molar-refractivity contribution in [2.45, 2.75) is 38.8 Å². The minimum atomic E-state index is -3.44. The first-order valence-electron chi connectivity index (χ1n) is 6.92. The average molecular weight is 328 g/mol. The van der Waals surface area contributed by atoms with Gasteiger partial charge in [-0.1, -0.05) is 12.1 Å². The third kappa shape index (κ3) is 6.91. The Bertz CT molecular complexity index is 603. The van der Waals surface area contributed by atoms with Gasteiger partial charge in [-0.15, -0.1) is 0 Å². The van der Waals surface area contributed by atoms with Gasteiger partial charge in [0.1, 0.15) is 5.75 Å². The summed E-state index contributed by atoms with van der Waals surface area (Å²) in [5, 5.41) is 2.83. The molecule has 1 aromatic rings. The molecule has 0 spiro atoms. The first kappa shape index (κ1) is 18.4. The molecule has 0 fully saturated rings. The van der Waals surface area contributed by atoms with Crippen molar-refractivity contribution in [2.75, 3.05) is 13.4 Å². The predicted octanol–water partition coefficient (Wildman–Crippen LogP) is 1.59. The lowest BCUT2D eigenvalue weighted by Gasteiger charge is -2.23. The van der Waals surface area contributed by atoms with Gasteiger partial charge in [0.25, 0.3) is 0 Å². The number of nitrogens with one attached hydrogen (secondary N) is 2. The second-order valence-electron chi connectivity index (χ2n) is 6.22. The van der Waals surface area contributed by atoms with E-state index in [0.29, 0.717) is 11.3 Å². The van der Waals surface area contributed by atoms with Crippen molar-refractivity contribution in [1.29, 1.82) is 0 Å². The largest absolute Gasteiger partial charge is 0.497 e. The maximum atomic E-state index is 12.1. The summed E-state index contributed by atoms with van der Waals surface area (Å²) in [6.45, 7) is 5.62. The van der Waals surface area contributed by atoms with E-state index < -0.39 is 16.1 Å². The summed E-state index contributed by atoms with van der Waals surface area (Å²) in [5.41, 5.74) is 0.336. The van der Waals surface area contributed by atoms with E-state index in [2.05, 4.69) is 10.0 Å². The van der Waals surface area contributed by atoms with E-state index in [1.165, 1.54) is 0 Å². The van der Waals surface area contributed by atoms with Gasteiger partial charge in [0, 0.05) is 12.0 Å². The Kier molecular flexibility index (Phi) is 5.96. The molecule has 0 saturated carbocycles. The number of hydrogen-bond donors (Lipinski definition) is 2. The smallest absolute Gasteiger partial charge is 0.222 e. The zero-order valence-electron chi connectivity index (χ0n) is 13.6.